The molecule has 0 radical (unpaired) electrons. The van der Waals surface area contributed by atoms with Gasteiger partial charge in [0.25, 0.3) is 0 Å². The van der Waals surface area contributed by atoms with E-state index in [-0.39, 0.29) is 0 Å². The minimum Gasteiger partial charge on any atom is -0.327 e. The number of piperidine rings is 1. The molecule has 1 rings (SSSR count). The van der Waals surface area contributed by atoms with Gasteiger partial charge >= 0.3 is 0 Å². The third kappa shape index (κ3) is 3.55. The number of hydrogen-bond acceptors (Lipinski definition) is 2. The van der Waals surface area contributed by atoms with Gasteiger partial charge in [-0.1, -0.05) is 19.8 Å². The molecular formula is C10H22N2. The Morgan fingerprint density at radius 3 is 2.50 bits per heavy atom. The van der Waals surface area contributed by atoms with Crippen LogP contribution < -0.4 is 5.73 Å². The van der Waals surface area contributed by atoms with Gasteiger partial charge in [-0.25, -0.2) is 0 Å². The highest BCUT2D eigenvalue weighted by Gasteiger charge is 2.12. The summed E-state index contributed by atoms with van der Waals surface area (Å²) in [6.45, 7) is 5.87. The molecule has 2 N–H and O–H groups in total. The third-order valence-electron chi connectivity index (χ3n) is 2.60. The molecule has 1 aliphatic heterocycles. The quantitative estimate of drug-likeness (QED) is 0.694. The van der Waals surface area contributed by atoms with E-state index in [1.807, 2.05) is 0 Å². The largest absolute Gasteiger partial charge is 0.327 e. The smallest absolute Gasteiger partial charge is 0.0167 e. The molecule has 1 aliphatic rings. The van der Waals surface area contributed by atoms with Crippen molar-refractivity contribution in [2.45, 2.75) is 45.1 Å². The summed E-state index contributed by atoms with van der Waals surface area (Å²) >= 11 is 0. The lowest BCUT2D eigenvalue weighted by atomic mass is 10.1. The molecule has 2 heteroatoms. The fraction of sp³-hybridized carbons (Fsp3) is 1.00. The van der Waals surface area contributed by atoms with Gasteiger partial charge in [0, 0.05) is 12.6 Å². The molecule has 0 aromatic rings. The van der Waals surface area contributed by atoms with E-state index in [0.29, 0.717) is 6.04 Å². The number of rotatable bonds is 4. The molecule has 0 amide bonds. The van der Waals surface area contributed by atoms with Gasteiger partial charge in [-0.15, -0.1) is 0 Å². The zero-order valence-corrected chi connectivity index (χ0v) is 8.26. The molecule has 2 nitrogen and oxygen atoms in total. The topological polar surface area (TPSA) is 29.3 Å². The second-order valence-electron chi connectivity index (χ2n) is 3.91. The highest BCUT2D eigenvalue weighted by atomic mass is 15.1. The predicted molar refractivity (Wildman–Crippen MR) is 53.2 cm³/mol. The Morgan fingerprint density at radius 2 is 1.92 bits per heavy atom. The number of nitrogens with two attached hydrogens (primary N) is 1. The molecule has 0 spiro atoms. The highest BCUT2D eigenvalue weighted by molar-refractivity contribution is 4.70. The standard InChI is InChI=1S/C10H22N2/c1-2-6-10(11)9-12-7-4-3-5-8-12/h10H,2-9,11H2,1H3/t10-/m0/s1. The lowest BCUT2D eigenvalue weighted by Crippen LogP contribution is -2.40. The maximum atomic E-state index is 5.97. The van der Waals surface area contributed by atoms with E-state index in [4.69, 9.17) is 5.73 Å². The van der Waals surface area contributed by atoms with Gasteiger partial charge in [0.2, 0.25) is 0 Å². The Hall–Kier alpha value is -0.0800. The Balaban J connectivity index is 2.11. The van der Waals surface area contributed by atoms with E-state index in [2.05, 4.69) is 11.8 Å². The van der Waals surface area contributed by atoms with Crippen molar-refractivity contribution in [2.75, 3.05) is 19.6 Å². The molecule has 1 saturated heterocycles. The molecule has 0 bridgehead atoms. The van der Waals surface area contributed by atoms with Gasteiger partial charge in [0.1, 0.15) is 0 Å². The number of likely N-dealkylation sites (tertiary alicyclic amines) is 1. The van der Waals surface area contributed by atoms with E-state index < -0.39 is 0 Å². The van der Waals surface area contributed by atoms with Crippen molar-refractivity contribution in [2.24, 2.45) is 5.73 Å². The van der Waals surface area contributed by atoms with Crippen LogP contribution in [0.1, 0.15) is 39.0 Å². The average molecular weight is 170 g/mol. The monoisotopic (exact) mass is 170 g/mol. The van der Waals surface area contributed by atoms with Gasteiger partial charge in [0.05, 0.1) is 0 Å². The lowest BCUT2D eigenvalue weighted by molar-refractivity contribution is 0.213. The first kappa shape index (κ1) is 10.0. The molecule has 0 aromatic carbocycles. The summed E-state index contributed by atoms with van der Waals surface area (Å²) in [4.78, 5) is 2.52. The zero-order valence-electron chi connectivity index (χ0n) is 8.26. The maximum Gasteiger partial charge on any atom is 0.0167 e. The van der Waals surface area contributed by atoms with E-state index in [1.165, 1.54) is 45.2 Å². The first-order valence-corrected chi connectivity index (χ1v) is 5.31. The minimum absolute atomic E-state index is 0.410. The van der Waals surface area contributed by atoms with Crippen LogP contribution in [0.5, 0.6) is 0 Å². The number of nitrogens with zero attached hydrogens (tertiary/aromatic N) is 1. The van der Waals surface area contributed by atoms with Gasteiger partial charge in [0.15, 0.2) is 0 Å². The minimum atomic E-state index is 0.410. The van der Waals surface area contributed by atoms with Crippen LogP contribution in [0.3, 0.4) is 0 Å². The molecule has 0 aromatic heterocycles. The van der Waals surface area contributed by atoms with Gasteiger partial charge in [-0.2, -0.15) is 0 Å². The summed E-state index contributed by atoms with van der Waals surface area (Å²) in [6, 6.07) is 0.410. The van der Waals surface area contributed by atoms with Gasteiger partial charge in [-0.05, 0) is 32.4 Å². The predicted octanol–water partition coefficient (Wildman–Crippen LogP) is 1.60. The number of hydrogen-bond donors (Lipinski definition) is 1. The van der Waals surface area contributed by atoms with Crippen LogP contribution in [-0.2, 0) is 0 Å². The van der Waals surface area contributed by atoms with E-state index in [0.717, 1.165) is 6.54 Å². The van der Waals surface area contributed by atoms with Crippen LogP contribution in [0.2, 0.25) is 0 Å². The van der Waals surface area contributed by atoms with Crippen molar-refractivity contribution in [1.29, 1.82) is 0 Å². The van der Waals surface area contributed by atoms with Crippen LogP contribution in [-0.4, -0.2) is 30.6 Å². The van der Waals surface area contributed by atoms with Crippen molar-refractivity contribution in [3.63, 3.8) is 0 Å². The summed E-state index contributed by atoms with van der Waals surface area (Å²) in [7, 11) is 0. The molecule has 0 unspecified atom stereocenters. The van der Waals surface area contributed by atoms with Crippen molar-refractivity contribution >= 4 is 0 Å². The van der Waals surface area contributed by atoms with Crippen LogP contribution in [0.4, 0.5) is 0 Å². The molecule has 12 heavy (non-hydrogen) atoms. The van der Waals surface area contributed by atoms with Gasteiger partial charge in [-0.3, -0.25) is 0 Å². The zero-order chi connectivity index (χ0) is 8.81. The van der Waals surface area contributed by atoms with Crippen LogP contribution in [0.15, 0.2) is 0 Å². The second kappa shape index (κ2) is 5.55. The molecule has 1 fully saturated rings. The molecule has 1 heterocycles. The molecule has 0 saturated carbocycles. The van der Waals surface area contributed by atoms with Crippen LogP contribution in [0, 0.1) is 0 Å². The molecular weight excluding hydrogens is 148 g/mol. The highest BCUT2D eigenvalue weighted by Crippen LogP contribution is 2.09. The third-order valence-corrected chi connectivity index (χ3v) is 2.60. The lowest BCUT2D eigenvalue weighted by Gasteiger charge is -2.28. The maximum absolute atomic E-state index is 5.97. The summed E-state index contributed by atoms with van der Waals surface area (Å²) in [5, 5.41) is 0. The Bertz CT molecular complexity index is 108. The molecule has 72 valence electrons. The van der Waals surface area contributed by atoms with Crippen molar-refractivity contribution in [1.82, 2.24) is 4.90 Å². The Morgan fingerprint density at radius 1 is 1.25 bits per heavy atom. The van der Waals surface area contributed by atoms with Crippen LogP contribution >= 0.6 is 0 Å². The summed E-state index contributed by atoms with van der Waals surface area (Å²) in [6.07, 6.45) is 6.56. The van der Waals surface area contributed by atoms with E-state index in [9.17, 15) is 0 Å². The fourth-order valence-electron chi connectivity index (χ4n) is 1.94. The van der Waals surface area contributed by atoms with Gasteiger partial charge < -0.3 is 10.6 Å². The van der Waals surface area contributed by atoms with Crippen molar-refractivity contribution in [3.05, 3.63) is 0 Å². The Labute approximate surface area is 76.1 Å². The first-order chi connectivity index (χ1) is 5.83. The molecule has 1 atom stereocenters. The SMILES string of the molecule is CCC[C@H](N)CN1CCCCC1. The van der Waals surface area contributed by atoms with E-state index in [1.54, 1.807) is 0 Å². The van der Waals surface area contributed by atoms with E-state index >= 15 is 0 Å². The summed E-state index contributed by atoms with van der Waals surface area (Å²) in [5.74, 6) is 0. The summed E-state index contributed by atoms with van der Waals surface area (Å²) < 4.78 is 0. The second-order valence-corrected chi connectivity index (χ2v) is 3.91. The van der Waals surface area contributed by atoms with Crippen molar-refractivity contribution in [3.8, 4) is 0 Å². The van der Waals surface area contributed by atoms with Crippen LogP contribution in [0.25, 0.3) is 0 Å². The first-order valence-electron chi connectivity index (χ1n) is 5.31. The summed E-state index contributed by atoms with van der Waals surface area (Å²) in [5.41, 5.74) is 5.97. The molecule has 0 aliphatic carbocycles. The fourth-order valence-corrected chi connectivity index (χ4v) is 1.94. The normalized spacial score (nSPS) is 22.5. The van der Waals surface area contributed by atoms with Crippen molar-refractivity contribution < 1.29 is 0 Å². The average Bonchev–Trinajstić information content (AvgIpc) is 2.06. The Kier molecular flexibility index (Phi) is 4.62.